The number of nitrogens with one attached hydrogen (secondary N) is 2. The summed E-state index contributed by atoms with van der Waals surface area (Å²) in [5, 5.41) is 6.18. The van der Waals surface area contributed by atoms with Crippen molar-refractivity contribution in [3.8, 4) is 0 Å². The van der Waals surface area contributed by atoms with Gasteiger partial charge < -0.3 is 10.6 Å². The lowest BCUT2D eigenvalue weighted by molar-refractivity contribution is -0.115. The summed E-state index contributed by atoms with van der Waals surface area (Å²) in [4.78, 5) is 16.0. The van der Waals surface area contributed by atoms with Crippen LogP contribution in [-0.2, 0) is 17.8 Å². The number of amides is 1. The van der Waals surface area contributed by atoms with Crippen molar-refractivity contribution in [2.45, 2.75) is 19.9 Å². The topological polar surface area (TPSA) is 54.0 Å². The van der Waals surface area contributed by atoms with E-state index in [9.17, 15) is 4.79 Å². The van der Waals surface area contributed by atoms with Crippen LogP contribution in [-0.4, -0.2) is 17.4 Å². The van der Waals surface area contributed by atoms with Gasteiger partial charge in [0.25, 0.3) is 0 Å². The molecule has 1 aromatic carbocycles. The van der Waals surface area contributed by atoms with Gasteiger partial charge >= 0.3 is 0 Å². The van der Waals surface area contributed by atoms with E-state index in [2.05, 4.69) is 22.5 Å². The van der Waals surface area contributed by atoms with E-state index in [0.717, 1.165) is 29.9 Å². The molecule has 4 nitrogen and oxygen atoms in total. The maximum absolute atomic E-state index is 12.0. The SMILES string of the molecule is CCNCc1cccc(NC(=O)Cc2cccnc2)c1.Cl. The quantitative estimate of drug-likeness (QED) is 0.863. The molecule has 2 aromatic rings. The molecule has 0 spiro atoms. The molecule has 2 N–H and O–H groups in total. The van der Waals surface area contributed by atoms with Gasteiger partial charge in [-0.25, -0.2) is 0 Å². The standard InChI is InChI=1S/C16H19N3O.ClH/c1-2-17-11-13-5-3-7-15(9-13)19-16(20)10-14-6-4-8-18-12-14;/h3-9,12,17H,2,10-11H2,1H3,(H,19,20);1H. The molecule has 0 aliphatic heterocycles. The van der Waals surface area contributed by atoms with Gasteiger partial charge in [0.05, 0.1) is 6.42 Å². The third kappa shape index (κ3) is 5.94. The van der Waals surface area contributed by atoms with Gasteiger partial charge in [-0.1, -0.05) is 25.1 Å². The van der Waals surface area contributed by atoms with Crippen molar-refractivity contribution in [2.75, 3.05) is 11.9 Å². The molecule has 0 saturated heterocycles. The smallest absolute Gasteiger partial charge is 0.228 e. The zero-order valence-corrected chi connectivity index (χ0v) is 12.8. The highest BCUT2D eigenvalue weighted by molar-refractivity contribution is 5.92. The van der Waals surface area contributed by atoms with Gasteiger partial charge in [0.15, 0.2) is 0 Å². The second-order valence-corrected chi connectivity index (χ2v) is 4.57. The first kappa shape index (κ1) is 17.1. The predicted octanol–water partition coefficient (Wildman–Crippen LogP) is 2.79. The fraction of sp³-hybridized carbons (Fsp3) is 0.250. The van der Waals surface area contributed by atoms with Crippen LogP contribution in [0.3, 0.4) is 0 Å². The van der Waals surface area contributed by atoms with Crippen LogP contribution in [0.2, 0.25) is 0 Å². The van der Waals surface area contributed by atoms with E-state index in [-0.39, 0.29) is 18.3 Å². The molecule has 2 rings (SSSR count). The number of halogens is 1. The highest BCUT2D eigenvalue weighted by Gasteiger charge is 2.04. The molecule has 0 aliphatic rings. The number of anilines is 1. The summed E-state index contributed by atoms with van der Waals surface area (Å²) in [6, 6.07) is 11.6. The maximum Gasteiger partial charge on any atom is 0.228 e. The van der Waals surface area contributed by atoms with Crippen molar-refractivity contribution in [3.05, 3.63) is 59.9 Å². The summed E-state index contributed by atoms with van der Waals surface area (Å²) in [5.41, 5.74) is 2.90. The number of rotatable bonds is 6. The number of hydrogen-bond donors (Lipinski definition) is 2. The number of carbonyl (C=O) groups is 1. The zero-order valence-electron chi connectivity index (χ0n) is 12.0. The molecule has 0 aliphatic carbocycles. The lowest BCUT2D eigenvalue weighted by Crippen LogP contribution is -2.15. The van der Waals surface area contributed by atoms with Crippen LogP contribution in [0.25, 0.3) is 0 Å². The van der Waals surface area contributed by atoms with Crippen LogP contribution in [0, 0.1) is 0 Å². The third-order valence-corrected chi connectivity index (χ3v) is 2.88. The summed E-state index contributed by atoms with van der Waals surface area (Å²) in [6.07, 6.45) is 3.75. The number of hydrogen-bond acceptors (Lipinski definition) is 3. The van der Waals surface area contributed by atoms with E-state index in [4.69, 9.17) is 0 Å². The normalized spacial score (nSPS) is 9.76. The Hall–Kier alpha value is -1.91. The Morgan fingerprint density at radius 3 is 2.71 bits per heavy atom. The summed E-state index contributed by atoms with van der Waals surface area (Å²) in [6.45, 7) is 3.81. The largest absolute Gasteiger partial charge is 0.326 e. The first-order valence-corrected chi connectivity index (χ1v) is 6.76. The average molecular weight is 306 g/mol. The maximum atomic E-state index is 12.0. The summed E-state index contributed by atoms with van der Waals surface area (Å²) < 4.78 is 0. The van der Waals surface area contributed by atoms with E-state index in [1.165, 1.54) is 0 Å². The lowest BCUT2D eigenvalue weighted by Gasteiger charge is -2.08. The molecular formula is C16H20ClN3O. The molecule has 0 fully saturated rings. The average Bonchev–Trinajstić information content (AvgIpc) is 2.46. The molecule has 0 atom stereocenters. The molecule has 1 amide bonds. The van der Waals surface area contributed by atoms with Gasteiger partial charge in [-0.2, -0.15) is 0 Å². The van der Waals surface area contributed by atoms with Gasteiger partial charge in [0, 0.05) is 24.6 Å². The molecule has 112 valence electrons. The Bertz CT molecular complexity index is 560. The zero-order chi connectivity index (χ0) is 14.2. The highest BCUT2D eigenvalue weighted by Crippen LogP contribution is 2.11. The fourth-order valence-corrected chi connectivity index (χ4v) is 1.92. The van der Waals surface area contributed by atoms with E-state index in [0.29, 0.717) is 6.42 Å². The molecule has 21 heavy (non-hydrogen) atoms. The second kappa shape index (κ2) is 9.10. The lowest BCUT2D eigenvalue weighted by atomic mass is 10.1. The number of nitrogens with zero attached hydrogens (tertiary/aromatic N) is 1. The van der Waals surface area contributed by atoms with E-state index in [1.807, 2.05) is 36.4 Å². The van der Waals surface area contributed by atoms with E-state index < -0.39 is 0 Å². The highest BCUT2D eigenvalue weighted by atomic mass is 35.5. The van der Waals surface area contributed by atoms with Gasteiger partial charge in [-0.3, -0.25) is 9.78 Å². The van der Waals surface area contributed by atoms with E-state index in [1.54, 1.807) is 12.4 Å². The van der Waals surface area contributed by atoms with Crippen LogP contribution in [0.4, 0.5) is 5.69 Å². The van der Waals surface area contributed by atoms with Crippen LogP contribution in [0.15, 0.2) is 48.8 Å². The molecule has 0 bridgehead atoms. The number of aromatic nitrogens is 1. The Morgan fingerprint density at radius 1 is 1.19 bits per heavy atom. The van der Waals surface area contributed by atoms with Crippen LogP contribution < -0.4 is 10.6 Å². The van der Waals surface area contributed by atoms with Crippen LogP contribution >= 0.6 is 12.4 Å². The minimum absolute atomic E-state index is 0. The molecular weight excluding hydrogens is 286 g/mol. The van der Waals surface area contributed by atoms with Crippen molar-refractivity contribution >= 4 is 24.0 Å². The molecule has 5 heteroatoms. The molecule has 0 radical (unpaired) electrons. The van der Waals surface area contributed by atoms with Crippen molar-refractivity contribution in [1.29, 1.82) is 0 Å². The van der Waals surface area contributed by atoms with Crippen molar-refractivity contribution < 1.29 is 4.79 Å². The van der Waals surface area contributed by atoms with E-state index >= 15 is 0 Å². The number of benzene rings is 1. The summed E-state index contributed by atoms with van der Waals surface area (Å²) >= 11 is 0. The minimum Gasteiger partial charge on any atom is -0.326 e. The number of pyridine rings is 1. The Balaban J connectivity index is 0.00000220. The first-order chi connectivity index (χ1) is 9.78. The molecule has 0 unspecified atom stereocenters. The third-order valence-electron chi connectivity index (χ3n) is 2.88. The Labute approximate surface area is 131 Å². The van der Waals surface area contributed by atoms with Gasteiger partial charge in [0.1, 0.15) is 0 Å². The second-order valence-electron chi connectivity index (χ2n) is 4.57. The van der Waals surface area contributed by atoms with Gasteiger partial charge in [-0.15, -0.1) is 12.4 Å². The summed E-state index contributed by atoms with van der Waals surface area (Å²) in [7, 11) is 0. The Morgan fingerprint density at radius 2 is 2.00 bits per heavy atom. The van der Waals surface area contributed by atoms with Crippen LogP contribution in [0.5, 0.6) is 0 Å². The fourth-order valence-electron chi connectivity index (χ4n) is 1.92. The molecule has 0 saturated carbocycles. The monoisotopic (exact) mass is 305 g/mol. The van der Waals surface area contributed by atoms with Crippen molar-refractivity contribution in [3.63, 3.8) is 0 Å². The van der Waals surface area contributed by atoms with Crippen molar-refractivity contribution in [2.24, 2.45) is 0 Å². The predicted molar refractivity (Wildman–Crippen MR) is 87.6 cm³/mol. The Kier molecular flexibility index (Phi) is 7.43. The van der Waals surface area contributed by atoms with Crippen molar-refractivity contribution in [1.82, 2.24) is 10.3 Å². The molecule has 1 heterocycles. The van der Waals surface area contributed by atoms with Crippen LogP contribution in [0.1, 0.15) is 18.1 Å². The van der Waals surface area contributed by atoms with Gasteiger partial charge in [0.2, 0.25) is 5.91 Å². The first-order valence-electron chi connectivity index (χ1n) is 6.76. The summed E-state index contributed by atoms with van der Waals surface area (Å²) in [5.74, 6) is -0.0291. The molecule has 1 aromatic heterocycles. The minimum atomic E-state index is -0.0291. The number of carbonyl (C=O) groups excluding carboxylic acids is 1. The van der Waals surface area contributed by atoms with Gasteiger partial charge in [-0.05, 0) is 35.9 Å².